The van der Waals surface area contributed by atoms with E-state index in [4.69, 9.17) is 11.6 Å². The number of halogens is 1. The fourth-order valence-corrected chi connectivity index (χ4v) is 6.35. The van der Waals surface area contributed by atoms with Gasteiger partial charge in [0.15, 0.2) is 0 Å². The van der Waals surface area contributed by atoms with Crippen LogP contribution in [0.3, 0.4) is 0 Å². The zero-order chi connectivity index (χ0) is 37.0. The van der Waals surface area contributed by atoms with Crippen LogP contribution in [0.25, 0.3) is 16.6 Å². The lowest BCUT2D eigenvalue weighted by atomic mass is 10.0. The van der Waals surface area contributed by atoms with Gasteiger partial charge in [-0.05, 0) is 89.6 Å². The Hall–Kier alpha value is -6.59. The molecule has 6 aromatic rings. The molecule has 1 atom stereocenters. The number of nitrogens with zero attached hydrogens (tertiary/aromatic N) is 4. The van der Waals surface area contributed by atoms with Crippen LogP contribution in [-0.4, -0.2) is 68.4 Å². The molecular weight excluding hydrogens is 714 g/mol. The Kier molecular flexibility index (Phi) is 9.97. The summed E-state index contributed by atoms with van der Waals surface area (Å²) in [5.41, 5.74) is 2.89. The number of aromatic carboxylic acids is 1. The average molecular weight is 742 g/mol. The molecule has 2 aromatic heterocycles. The summed E-state index contributed by atoms with van der Waals surface area (Å²) in [7, 11) is -3.88. The summed E-state index contributed by atoms with van der Waals surface area (Å²) in [6.45, 7) is 1.84. The highest BCUT2D eigenvalue weighted by Gasteiger charge is 2.26. The first-order valence-corrected chi connectivity index (χ1v) is 17.2. The number of H-pyrrole nitrogens is 1. The zero-order valence-electron chi connectivity index (χ0n) is 27.0. The number of amides is 3. The monoisotopic (exact) mass is 741 g/mol. The van der Waals surface area contributed by atoms with Crippen LogP contribution in [0, 0.1) is 6.92 Å². The van der Waals surface area contributed by atoms with Gasteiger partial charge in [0.25, 0.3) is 10.0 Å². The molecule has 0 radical (unpaired) electrons. The maximum atomic E-state index is 13.7. The molecule has 0 fully saturated rings. The van der Waals surface area contributed by atoms with Gasteiger partial charge >= 0.3 is 17.8 Å². The third-order valence-corrected chi connectivity index (χ3v) is 9.36. The van der Waals surface area contributed by atoms with Gasteiger partial charge in [-0.15, -0.1) is 5.10 Å². The Morgan fingerprint density at radius 3 is 2.31 bits per heavy atom. The highest BCUT2D eigenvalue weighted by atomic mass is 35.5. The van der Waals surface area contributed by atoms with Gasteiger partial charge in [-0.1, -0.05) is 41.4 Å². The lowest BCUT2D eigenvalue weighted by Gasteiger charge is -2.19. The molecule has 4 aromatic carbocycles. The number of carboxylic acids is 1. The second kappa shape index (κ2) is 14.7. The summed E-state index contributed by atoms with van der Waals surface area (Å²) < 4.78 is 29.5. The lowest BCUT2D eigenvalue weighted by molar-refractivity contribution is -0.137. The van der Waals surface area contributed by atoms with E-state index in [2.05, 4.69) is 41.2 Å². The lowest BCUT2D eigenvalue weighted by Crippen LogP contribution is -2.49. The first-order valence-electron chi connectivity index (χ1n) is 15.3. The summed E-state index contributed by atoms with van der Waals surface area (Å²) >= 11 is 6.14. The molecule has 3 amide bonds. The molecule has 0 saturated carbocycles. The van der Waals surface area contributed by atoms with Crippen LogP contribution in [0.4, 0.5) is 17.1 Å². The molecule has 0 aliphatic heterocycles. The Morgan fingerprint density at radius 1 is 0.885 bits per heavy atom. The molecule has 0 aliphatic rings. The fraction of sp³-hybridized carbons (Fsp3) is 0.0882. The highest BCUT2D eigenvalue weighted by Crippen LogP contribution is 2.25. The van der Waals surface area contributed by atoms with E-state index in [1.54, 1.807) is 48.5 Å². The molecule has 0 bridgehead atoms. The molecule has 18 heteroatoms. The Morgan fingerprint density at radius 2 is 1.62 bits per heavy atom. The quantitative estimate of drug-likeness (QED) is 0.105. The summed E-state index contributed by atoms with van der Waals surface area (Å²) in [5, 5.41) is 28.7. The van der Waals surface area contributed by atoms with E-state index < -0.39 is 39.8 Å². The average Bonchev–Trinajstić information content (AvgIpc) is 3.80. The smallest absolute Gasteiger partial charge is 0.352 e. The molecule has 2 heterocycles. The topological polar surface area (TPSA) is 230 Å². The van der Waals surface area contributed by atoms with Crippen molar-refractivity contribution in [3.05, 3.63) is 119 Å². The van der Waals surface area contributed by atoms with Crippen LogP contribution in [-0.2, 0) is 30.8 Å². The van der Waals surface area contributed by atoms with Crippen molar-refractivity contribution in [2.45, 2.75) is 24.3 Å². The summed E-state index contributed by atoms with van der Waals surface area (Å²) in [6, 6.07) is 21.8. The molecule has 0 spiro atoms. The zero-order valence-corrected chi connectivity index (χ0v) is 28.6. The SMILES string of the molecule is Cc1ccc(S(=O)(=O)Nc2ccc(CC(NC(=O)C(=O)Nc3cc(Cl)ccc3-n3cnnn3)C(=O)Nc3ccc4[nH]c(C(=O)O)cc4c3)cc2)cc1. The maximum absolute atomic E-state index is 13.7. The molecule has 16 nitrogen and oxygen atoms in total. The molecule has 52 heavy (non-hydrogen) atoms. The molecule has 1 unspecified atom stereocenters. The van der Waals surface area contributed by atoms with E-state index in [-0.39, 0.29) is 33.4 Å². The number of aromatic nitrogens is 5. The number of anilines is 3. The number of aromatic amines is 1. The minimum Gasteiger partial charge on any atom is -0.477 e. The third kappa shape index (κ3) is 8.23. The van der Waals surface area contributed by atoms with E-state index in [0.29, 0.717) is 27.8 Å². The van der Waals surface area contributed by atoms with Crippen LogP contribution in [0.2, 0.25) is 5.02 Å². The van der Waals surface area contributed by atoms with Crippen LogP contribution in [0.15, 0.2) is 102 Å². The molecule has 6 N–H and O–H groups in total. The number of hydrogen-bond donors (Lipinski definition) is 6. The summed E-state index contributed by atoms with van der Waals surface area (Å²) in [6.07, 6.45) is 1.17. The number of benzene rings is 4. The van der Waals surface area contributed by atoms with Crippen molar-refractivity contribution in [1.82, 2.24) is 30.5 Å². The van der Waals surface area contributed by atoms with Crippen LogP contribution in [0.1, 0.15) is 21.6 Å². The second-order valence-electron chi connectivity index (χ2n) is 11.5. The molecule has 0 saturated heterocycles. The number of hydrogen-bond acceptors (Lipinski definition) is 9. The van der Waals surface area contributed by atoms with Crippen molar-refractivity contribution < 1.29 is 32.7 Å². The number of carbonyl (C=O) groups is 4. The largest absolute Gasteiger partial charge is 0.477 e. The minimum atomic E-state index is -3.88. The van der Waals surface area contributed by atoms with Crippen molar-refractivity contribution in [3.8, 4) is 5.69 Å². The number of sulfonamides is 1. The van der Waals surface area contributed by atoms with Crippen molar-refractivity contribution in [1.29, 1.82) is 0 Å². The van der Waals surface area contributed by atoms with Gasteiger partial charge in [0.05, 0.1) is 16.3 Å². The van der Waals surface area contributed by atoms with Crippen molar-refractivity contribution in [2.24, 2.45) is 0 Å². The van der Waals surface area contributed by atoms with Gasteiger partial charge < -0.3 is 26.0 Å². The van der Waals surface area contributed by atoms with E-state index in [1.807, 2.05) is 6.92 Å². The predicted octanol–water partition coefficient (Wildman–Crippen LogP) is 3.91. The Bertz CT molecular complexity index is 2420. The van der Waals surface area contributed by atoms with Gasteiger partial charge in [0, 0.05) is 33.7 Å². The molecule has 6 rings (SSSR count). The maximum Gasteiger partial charge on any atom is 0.352 e. The van der Waals surface area contributed by atoms with E-state index in [0.717, 1.165) is 5.56 Å². The molecular formula is C34H28ClN9O7S. The highest BCUT2D eigenvalue weighted by molar-refractivity contribution is 7.92. The fourth-order valence-electron chi connectivity index (χ4n) is 5.12. The van der Waals surface area contributed by atoms with Gasteiger partial charge in [-0.2, -0.15) is 4.68 Å². The number of nitrogens with one attached hydrogen (secondary N) is 5. The van der Waals surface area contributed by atoms with Crippen LogP contribution in [0.5, 0.6) is 0 Å². The summed E-state index contributed by atoms with van der Waals surface area (Å²) in [5.74, 6) is -4.13. The third-order valence-electron chi connectivity index (χ3n) is 7.73. The van der Waals surface area contributed by atoms with Gasteiger partial charge in [-0.3, -0.25) is 19.1 Å². The number of carboxylic acid groups (broad SMARTS) is 1. The van der Waals surface area contributed by atoms with Crippen LogP contribution >= 0.6 is 11.6 Å². The second-order valence-corrected chi connectivity index (χ2v) is 13.6. The number of tetrazole rings is 1. The first-order chi connectivity index (χ1) is 24.8. The van der Waals surface area contributed by atoms with Crippen LogP contribution < -0.4 is 20.7 Å². The molecule has 264 valence electrons. The van der Waals surface area contributed by atoms with Crippen molar-refractivity contribution in [3.63, 3.8) is 0 Å². The van der Waals surface area contributed by atoms with Gasteiger partial charge in [0.1, 0.15) is 18.1 Å². The van der Waals surface area contributed by atoms with Crippen molar-refractivity contribution >= 4 is 73.3 Å². The number of carbonyl (C=O) groups excluding carboxylic acids is 3. The number of rotatable bonds is 11. The van der Waals surface area contributed by atoms with Gasteiger partial charge in [-0.25, -0.2) is 13.2 Å². The van der Waals surface area contributed by atoms with E-state index in [9.17, 15) is 32.7 Å². The normalized spacial score (nSPS) is 11.8. The summed E-state index contributed by atoms with van der Waals surface area (Å²) in [4.78, 5) is 54.4. The van der Waals surface area contributed by atoms with Gasteiger partial charge in [0.2, 0.25) is 5.91 Å². The first kappa shape index (κ1) is 35.2. The van der Waals surface area contributed by atoms with Crippen molar-refractivity contribution in [2.75, 3.05) is 15.4 Å². The minimum absolute atomic E-state index is 0.0397. The standard InChI is InChI=1S/C34H28ClN9O7S/c1-19-2-10-25(11-3-19)52(50,51)41-23-7-4-20(5-8-23)14-28(31(45)37-24-9-12-26-21(15-24)16-29(38-26)34(48)49)40-33(47)32(46)39-27-17-22(35)6-13-30(27)44-18-36-42-43-44/h2-13,15-18,28,38,41H,14H2,1H3,(H,37,45)(H,39,46)(H,40,47)(H,48,49). The Balaban J connectivity index is 1.22. The van der Waals surface area contributed by atoms with E-state index in [1.165, 1.54) is 53.5 Å². The number of aryl methyl sites for hydroxylation is 1. The number of fused-ring (bicyclic) bond motifs is 1. The predicted molar refractivity (Wildman–Crippen MR) is 191 cm³/mol. The van der Waals surface area contributed by atoms with E-state index >= 15 is 0 Å². The Labute approximate surface area is 300 Å². The molecule has 0 aliphatic carbocycles.